The van der Waals surface area contributed by atoms with Gasteiger partial charge in [0.2, 0.25) is 0 Å². The first kappa shape index (κ1) is 13.5. The molecule has 0 spiro atoms. The molecule has 0 saturated carbocycles. The molecule has 0 bridgehead atoms. The minimum Gasteiger partial charge on any atom is -0.504 e. The van der Waals surface area contributed by atoms with E-state index >= 15 is 0 Å². The fourth-order valence-electron chi connectivity index (χ4n) is 1.88. The SMILES string of the molecule is CCOc1cccc(CNC(C)c2ccco2)c1O. The summed E-state index contributed by atoms with van der Waals surface area (Å²) < 4.78 is 10.7. The van der Waals surface area contributed by atoms with Crippen molar-refractivity contribution in [3.05, 3.63) is 47.9 Å². The maximum absolute atomic E-state index is 10.1. The number of phenolic OH excluding ortho intramolecular Hbond substituents is 1. The van der Waals surface area contributed by atoms with E-state index in [1.54, 1.807) is 12.3 Å². The topological polar surface area (TPSA) is 54.6 Å². The van der Waals surface area contributed by atoms with Gasteiger partial charge in [-0.3, -0.25) is 0 Å². The third kappa shape index (κ3) is 3.29. The van der Waals surface area contributed by atoms with E-state index in [1.165, 1.54) is 0 Å². The molecular formula is C15H19NO3. The Morgan fingerprint density at radius 2 is 2.16 bits per heavy atom. The van der Waals surface area contributed by atoms with Gasteiger partial charge in [-0.05, 0) is 32.0 Å². The molecule has 19 heavy (non-hydrogen) atoms. The first-order valence-corrected chi connectivity index (χ1v) is 6.42. The molecule has 0 amide bonds. The zero-order chi connectivity index (χ0) is 13.7. The van der Waals surface area contributed by atoms with E-state index in [0.717, 1.165) is 11.3 Å². The summed E-state index contributed by atoms with van der Waals surface area (Å²) in [6.45, 7) is 4.99. The van der Waals surface area contributed by atoms with Crippen LogP contribution < -0.4 is 10.1 Å². The van der Waals surface area contributed by atoms with Gasteiger partial charge >= 0.3 is 0 Å². The number of ether oxygens (including phenoxy) is 1. The highest BCUT2D eigenvalue weighted by Crippen LogP contribution is 2.30. The molecule has 1 unspecified atom stereocenters. The second-order valence-corrected chi connectivity index (χ2v) is 4.31. The summed E-state index contributed by atoms with van der Waals surface area (Å²) in [6, 6.07) is 9.39. The largest absolute Gasteiger partial charge is 0.504 e. The fraction of sp³-hybridized carbons (Fsp3) is 0.333. The van der Waals surface area contributed by atoms with Gasteiger partial charge in [-0.1, -0.05) is 12.1 Å². The van der Waals surface area contributed by atoms with Crippen LogP contribution in [0.2, 0.25) is 0 Å². The molecule has 1 heterocycles. The Bertz CT molecular complexity index is 508. The van der Waals surface area contributed by atoms with E-state index in [1.807, 2.05) is 38.1 Å². The number of nitrogens with one attached hydrogen (secondary N) is 1. The first-order valence-electron chi connectivity index (χ1n) is 6.42. The van der Waals surface area contributed by atoms with Gasteiger partial charge in [0, 0.05) is 12.1 Å². The van der Waals surface area contributed by atoms with E-state index in [4.69, 9.17) is 9.15 Å². The Labute approximate surface area is 113 Å². The molecule has 1 aromatic carbocycles. The van der Waals surface area contributed by atoms with Crippen molar-refractivity contribution >= 4 is 0 Å². The van der Waals surface area contributed by atoms with Crippen LogP contribution in [0.25, 0.3) is 0 Å². The van der Waals surface area contributed by atoms with E-state index in [2.05, 4.69) is 5.32 Å². The lowest BCUT2D eigenvalue weighted by Crippen LogP contribution is -2.17. The molecule has 2 aromatic rings. The first-order chi connectivity index (χ1) is 9.22. The van der Waals surface area contributed by atoms with Crippen LogP contribution in [0.4, 0.5) is 0 Å². The van der Waals surface area contributed by atoms with Gasteiger partial charge in [0.05, 0.1) is 18.9 Å². The molecule has 0 saturated heterocycles. The molecule has 0 aliphatic carbocycles. The van der Waals surface area contributed by atoms with Crippen LogP contribution in [0.1, 0.15) is 31.2 Å². The van der Waals surface area contributed by atoms with Gasteiger partial charge < -0.3 is 19.6 Å². The van der Waals surface area contributed by atoms with Crippen LogP contribution in [0.5, 0.6) is 11.5 Å². The maximum atomic E-state index is 10.1. The molecule has 1 atom stereocenters. The zero-order valence-corrected chi connectivity index (χ0v) is 11.2. The Kier molecular flexibility index (Phi) is 4.47. The summed E-state index contributed by atoms with van der Waals surface area (Å²) in [6.07, 6.45) is 1.65. The lowest BCUT2D eigenvalue weighted by atomic mass is 10.1. The molecule has 2 rings (SSSR count). The second kappa shape index (κ2) is 6.29. The monoisotopic (exact) mass is 261 g/mol. The van der Waals surface area contributed by atoms with Crippen molar-refractivity contribution in [2.24, 2.45) is 0 Å². The Morgan fingerprint density at radius 1 is 1.32 bits per heavy atom. The average molecular weight is 261 g/mol. The van der Waals surface area contributed by atoms with Crippen molar-refractivity contribution in [1.29, 1.82) is 0 Å². The molecule has 4 nitrogen and oxygen atoms in total. The van der Waals surface area contributed by atoms with Gasteiger partial charge in [-0.25, -0.2) is 0 Å². The number of aromatic hydroxyl groups is 1. The number of rotatable bonds is 6. The van der Waals surface area contributed by atoms with Crippen molar-refractivity contribution < 1.29 is 14.3 Å². The highest BCUT2D eigenvalue weighted by Gasteiger charge is 2.11. The normalized spacial score (nSPS) is 12.3. The van der Waals surface area contributed by atoms with Crippen LogP contribution in [0, 0.1) is 0 Å². The van der Waals surface area contributed by atoms with Gasteiger partial charge in [-0.15, -0.1) is 0 Å². The van der Waals surface area contributed by atoms with E-state index in [9.17, 15) is 5.11 Å². The van der Waals surface area contributed by atoms with E-state index in [0.29, 0.717) is 18.9 Å². The van der Waals surface area contributed by atoms with E-state index < -0.39 is 0 Å². The highest BCUT2D eigenvalue weighted by atomic mass is 16.5. The quantitative estimate of drug-likeness (QED) is 0.838. The summed E-state index contributed by atoms with van der Waals surface area (Å²) in [4.78, 5) is 0. The molecular weight excluding hydrogens is 242 g/mol. The predicted octanol–water partition coefficient (Wildman–Crippen LogP) is 3.23. The molecule has 0 aliphatic heterocycles. The minimum absolute atomic E-state index is 0.0881. The molecule has 102 valence electrons. The number of hydrogen-bond donors (Lipinski definition) is 2. The number of furan rings is 1. The average Bonchev–Trinajstić information content (AvgIpc) is 2.94. The van der Waals surface area contributed by atoms with Crippen LogP contribution in [0.15, 0.2) is 41.0 Å². The summed E-state index contributed by atoms with van der Waals surface area (Å²) in [7, 11) is 0. The van der Waals surface area contributed by atoms with Crippen LogP contribution in [-0.4, -0.2) is 11.7 Å². The Balaban J connectivity index is 2.01. The second-order valence-electron chi connectivity index (χ2n) is 4.31. The molecule has 0 fully saturated rings. The fourth-order valence-corrected chi connectivity index (χ4v) is 1.88. The van der Waals surface area contributed by atoms with Gasteiger partial charge in [0.25, 0.3) is 0 Å². The summed E-state index contributed by atoms with van der Waals surface area (Å²) in [5.74, 6) is 1.59. The van der Waals surface area contributed by atoms with E-state index in [-0.39, 0.29) is 11.8 Å². The molecule has 1 aromatic heterocycles. The smallest absolute Gasteiger partial charge is 0.162 e. The van der Waals surface area contributed by atoms with Crippen molar-refractivity contribution in [2.45, 2.75) is 26.4 Å². The number of hydrogen-bond acceptors (Lipinski definition) is 4. The Morgan fingerprint density at radius 3 is 2.84 bits per heavy atom. The van der Waals surface area contributed by atoms with Crippen molar-refractivity contribution in [3.8, 4) is 11.5 Å². The molecule has 4 heteroatoms. The number of phenols is 1. The van der Waals surface area contributed by atoms with Crippen molar-refractivity contribution in [1.82, 2.24) is 5.32 Å². The highest BCUT2D eigenvalue weighted by molar-refractivity contribution is 5.45. The van der Waals surface area contributed by atoms with Crippen molar-refractivity contribution in [3.63, 3.8) is 0 Å². The standard InChI is InChI=1S/C15H19NO3/c1-3-18-14-7-4-6-12(15(14)17)10-16-11(2)13-8-5-9-19-13/h4-9,11,16-17H,3,10H2,1-2H3. The number of para-hydroxylation sites is 1. The predicted molar refractivity (Wildman–Crippen MR) is 73.2 cm³/mol. The molecule has 0 radical (unpaired) electrons. The van der Waals surface area contributed by atoms with Crippen LogP contribution >= 0.6 is 0 Å². The van der Waals surface area contributed by atoms with Gasteiger partial charge in [0.1, 0.15) is 5.76 Å². The lowest BCUT2D eigenvalue weighted by Gasteiger charge is -2.14. The van der Waals surface area contributed by atoms with Gasteiger partial charge in [0.15, 0.2) is 11.5 Å². The summed E-state index contributed by atoms with van der Waals surface area (Å²) in [5, 5.41) is 13.4. The van der Waals surface area contributed by atoms with Crippen molar-refractivity contribution in [2.75, 3.05) is 6.61 Å². The molecule has 0 aliphatic rings. The number of benzene rings is 1. The van der Waals surface area contributed by atoms with Crippen LogP contribution in [0.3, 0.4) is 0 Å². The third-order valence-corrected chi connectivity index (χ3v) is 2.95. The maximum Gasteiger partial charge on any atom is 0.162 e. The third-order valence-electron chi connectivity index (χ3n) is 2.95. The minimum atomic E-state index is 0.0881. The Hall–Kier alpha value is -1.94. The molecule has 2 N–H and O–H groups in total. The van der Waals surface area contributed by atoms with Gasteiger partial charge in [-0.2, -0.15) is 0 Å². The lowest BCUT2D eigenvalue weighted by molar-refractivity contribution is 0.316. The summed E-state index contributed by atoms with van der Waals surface area (Å²) in [5.41, 5.74) is 0.810. The summed E-state index contributed by atoms with van der Waals surface area (Å²) >= 11 is 0. The zero-order valence-electron chi connectivity index (χ0n) is 11.2. The van der Waals surface area contributed by atoms with Crippen LogP contribution in [-0.2, 0) is 6.54 Å².